The monoisotopic (exact) mass is 193 g/mol. The van der Waals surface area contributed by atoms with Crippen molar-refractivity contribution in [2.45, 2.75) is 37.8 Å². The number of alkyl halides is 2. The van der Waals surface area contributed by atoms with Crippen LogP contribution in [-0.4, -0.2) is 31.6 Å². The molecule has 2 atom stereocenters. The first kappa shape index (κ1) is 10.4. The molecule has 76 valence electrons. The summed E-state index contributed by atoms with van der Waals surface area (Å²) < 4.78 is 29.0. The molecule has 0 saturated carbocycles. The molecule has 1 aliphatic rings. The van der Waals surface area contributed by atoms with E-state index in [1.807, 2.05) is 0 Å². The lowest BCUT2D eigenvalue weighted by Crippen LogP contribution is -2.50. The van der Waals surface area contributed by atoms with Gasteiger partial charge < -0.3 is 4.74 Å². The zero-order valence-corrected chi connectivity index (χ0v) is 7.43. The summed E-state index contributed by atoms with van der Waals surface area (Å²) in [6.45, 7) is 0. The lowest BCUT2D eigenvalue weighted by atomic mass is 9.99. The summed E-state index contributed by atoms with van der Waals surface area (Å²) in [6.07, 6.45) is -0.768. The zero-order chi connectivity index (χ0) is 9.84. The van der Waals surface area contributed by atoms with Crippen molar-refractivity contribution in [1.82, 2.24) is 5.32 Å². The smallest absolute Gasteiger partial charge is 0.322 e. The Morgan fingerprint density at radius 1 is 1.54 bits per heavy atom. The fourth-order valence-electron chi connectivity index (χ4n) is 1.49. The second kappa shape index (κ2) is 4.50. The van der Waals surface area contributed by atoms with E-state index in [0.717, 1.165) is 0 Å². The van der Waals surface area contributed by atoms with Crippen LogP contribution >= 0.6 is 0 Å². The summed E-state index contributed by atoms with van der Waals surface area (Å²) in [5.41, 5.74) is 0. The topological polar surface area (TPSA) is 38.3 Å². The summed E-state index contributed by atoms with van der Waals surface area (Å²) in [6, 6.07) is -1.42. The molecule has 1 saturated heterocycles. The highest BCUT2D eigenvalue weighted by molar-refractivity contribution is 5.75. The molecule has 5 heteroatoms. The van der Waals surface area contributed by atoms with Gasteiger partial charge in [0.1, 0.15) is 6.04 Å². The summed E-state index contributed by atoms with van der Waals surface area (Å²) in [5.74, 6) is -0.453. The predicted molar refractivity (Wildman–Crippen MR) is 42.6 cm³/mol. The van der Waals surface area contributed by atoms with Crippen LogP contribution in [0.15, 0.2) is 0 Å². The van der Waals surface area contributed by atoms with Gasteiger partial charge in [-0.3, -0.25) is 10.1 Å². The quantitative estimate of drug-likeness (QED) is 0.663. The first-order chi connectivity index (χ1) is 6.15. The summed E-state index contributed by atoms with van der Waals surface area (Å²) in [5, 5.41) is 2.58. The molecule has 13 heavy (non-hydrogen) atoms. The standard InChI is InChI=1S/C8H13F2NO2/c1-13-8(12)6-4-2-3-5(11-6)7(9)10/h5-7,11H,2-4H2,1H3. The number of hydrogen-bond donors (Lipinski definition) is 1. The van der Waals surface area contributed by atoms with E-state index in [1.165, 1.54) is 7.11 Å². The third-order valence-electron chi connectivity index (χ3n) is 2.21. The van der Waals surface area contributed by atoms with Crippen molar-refractivity contribution in [2.75, 3.05) is 7.11 Å². The minimum absolute atomic E-state index is 0.422. The van der Waals surface area contributed by atoms with Crippen LogP contribution < -0.4 is 5.32 Å². The maximum Gasteiger partial charge on any atom is 0.322 e. The number of esters is 1. The van der Waals surface area contributed by atoms with Crippen molar-refractivity contribution < 1.29 is 18.3 Å². The van der Waals surface area contributed by atoms with E-state index in [0.29, 0.717) is 19.3 Å². The minimum Gasteiger partial charge on any atom is -0.468 e. The maximum atomic E-state index is 12.2. The molecule has 0 aliphatic carbocycles. The molecular weight excluding hydrogens is 180 g/mol. The van der Waals surface area contributed by atoms with Gasteiger partial charge in [-0.25, -0.2) is 8.78 Å². The van der Waals surface area contributed by atoms with Crippen molar-refractivity contribution in [1.29, 1.82) is 0 Å². The molecule has 1 rings (SSSR count). The molecule has 0 radical (unpaired) electrons. The molecule has 0 aromatic heterocycles. The molecule has 3 nitrogen and oxygen atoms in total. The fraction of sp³-hybridized carbons (Fsp3) is 0.875. The second-order valence-electron chi connectivity index (χ2n) is 3.11. The van der Waals surface area contributed by atoms with E-state index >= 15 is 0 Å². The maximum absolute atomic E-state index is 12.2. The molecule has 1 heterocycles. The van der Waals surface area contributed by atoms with Gasteiger partial charge in [0.15, 0.2) is 0 Å². The van der Waals surface area contributed by atoms with Crippen LogP contribution in [-0.2, 0) is 9.53 Å². The minimum atomic E-state index is -2.41. The normalized spacial score (nSPS) is 28.9. The third-order valence-corrected chi connectivity index (χ3v) is 2.21. The van der Waals surface area contributed by atoms with Crippen LogP contribution in [0.2, 0.25) is 0 Å². The largest absolute Gasteiger partial charge is 0.468 e. The molecule has 0 spiro atoms. The summed E-state index contributed by atoms with van der Waals surface area (Å²) in [7, 11) is 1.26. The van der Waals surface area contributed by atoms with Gasteiger partial charge in [-0.2, -0.15) is 0 Å². The fourth-order valence-corrected chi connectivity index (χ4v) is 1.49. The average molecular weight is 193 g/mol. The molecular formula is C8H13F2NO2. The Labute approximate surface area is 75.4 Å². The highest BCUT2D eigenvalue weighted by atomic mass is 19.3. The molecule has 1 N–H and O–H groups in total. The van der Waals surface area contributed by atoms with Gasteiger partial charge in [0, 0.05) is 0 Å². The van der Waals surface area contributed by atoms with Gasteiger partial charge in [0.05, 0.1) is 13.2 Å². The number of rotatable bonds is 2. The lowest BCUT2D eigenvalue weighted by molar-refractivity contribution is -0.144. The van der Waals surface area contributed by atoms with E-state index in [-0.39, 0.29) is 0 Å². The van der Waals surface area contributed by atoms with Crippen LogP contribution in [0.25, 0.3) is 0 Å². The van der Waals surface area contributed by atoms with Crippen LogP contribution in [0.1, 0.15) is 19.3 Å². The number of carbonyl (C=O) groups excluding carboxylic acids is 1. The SMILES string of the molecule is COC(=O)C1CCCC(C(F)F)N1. The van der Waals surface area contributed by atoms with Crippen LogP contribution in [0, 0.1) is 0 Å². The van der Waals surface area contributed by atoms with E-state index in [1.54, 1.807) is 0 Å². The van der Waals surface area contributed by atoms with E-state index < -0.39 is 24.5 Å². The number of carbonyl (C=O) groups is 1. The van der Waals surface area contributed by atoms with Crippen LogP contribution in [0.5, 0.6) is 0 Å². The number of piperidine rings is 1. The van der Waals surface area contributed by atoms with E-state index in [2.05, 4.69) is 10.1 Å². The van der Waals surface area contributed by atoms with Crippen molar-refractivity contribution in [2.24, 2.45) is 0 Å². The Morgan fingerprint density at radius 2 is 2.23 bits per heavy atom. The van der Waals surface area contributed by atoms with Crippen molar-refractivity contribution >= 4 is 5.97 Å². The molecule has 1 fully saturated rings. The van der Waals surface area contributed by atoms with Gasteiger partial charge >= 0.3 is 5.97 Å². The number of nitrogens with one attached hydrogen (secondary N) is 1. The Kier molecular flexibility index (Phi) is 3.59. The van der Waals surface area contributed by atoms with Crippen molar-refractivity contribution in [3.05, 3.63) is 0 Å². The first-order valence-electron chi connectivity index (χ1n) is 4.27. The number of halogens is 2. The highest BCUT2D eigenvalue weighted by Gasteiger charge is 2.31. The first-order valence-corrected chi connectivity index (χ1v) is 4.27. The summed E-state index contributed by atoms with van der Waals surface area (Å²) in [4.78, 5) is 11.0. The number of methoxy groups -OCH3 is 1. The van der Waals surface area contributed by atoms with Crippen molar-refractivity contribution in [3.63, 3.8) is 0 Å². The Morgan fingerprint density at radius 3 is 2.77 bits per heavy atom. The molecule has 1 aliphatic heterocycles. The zero-order valence-electron chi connectivity index (χ0n) is 7.43. The van der Waals surface area contributed by atoms with Crippen LogP contribution in [0.4, 0.5) is 8.78 Å². The molecule has 0 bridgehead atoms. The second-order valence-corrected chi connectivity index (χ2v) is 3.11. The number of hydrogen-bond acceptors (Lipinski definition) is 3. The molecule has 2 unspecified atom stereocenters. The molecule has 0 aromatic carbocycles. The molecule has 0 aromatic rings. The van der Waals surface area contributed by atoms with Gasteiger partial charge in [-0.15, -0.1) is 0 Å². The van der Waals surface area contributed by atoms with E-state index in [9.17, 15) is 13.6 Å². The summed E-state index contributed by atoms with van der Waals surface area (Å²) >= 11 is 0. The van der Waals surface area contributed by atoms with Gasteiger partial charge in [0.2, 0.25) is 0 Å². The Balaban J connectivity index is 2.46. The molecule has 0 amide bonds. The lowest BCUT2D eigenvalue weighted by Gasteiger charge is -2.28. The van der Waals surface area contributed by atoms with Crippen LogP contribution in [0.3, 0.4) is 0 Å². The average Bonchev–Trinajstić information content (AvgIpc) is 2.17. The Hall–Kier alpha value is -0.710. The highest BCUT2D eigenvalue weighted by Crippen LogP contribution is 2.18. The van der Waals surface area contributed by atoms with E-state index in [4.69, 9.17) is 0 Å². The Bertz CT molecular complexity index is 187. The third kappa shape index (κ3) is 2.62. The predicted octanol–water partition coefficient (Wildman–Crippen LogP) is 0.935. The van der Waals surface area contributed by atoms with Gasteiger partial charge in [-0.1, -0.05) is 0 Å². The van der Waals surface area contributed by atoms with Gasteiger partial charge in [-0.05, 0) is 19.3 Å². The van der Waals surface area contributed by atoms with Crippen molar-refractivity contribution in [3.8, 4) is 0 Å². The number of ether oxygens (including phenoxy) is 1. The van der Waals surface area contributed by atoms with Gasteiger partial charge in [0.25, 0.3) is 6.43 Å².